The summed E-state index contributed by atoms with van der Waals surface area (Å²) < 4.78 is 0. The first-order chi connectivity index (χ1) is 16.0. The molecule has 0 spiro atoms. The van der Waals surface area contributed by atoms with E-state index in [2.05, 4.69) is 119 Å². The van der Waals surface area contributed by atoms with Crippen molar-refractivity contribution in [3.63, 3.8) is 0 Å². The van der Waals surface area contributed by atoms with Crippen LogP contribution in [0.15, 0.2) is 91.0 Å². The first kappa shape index (κ1) is 21.6. The molecule has 0 radical (unpaired) electrons. The number of rotatable bonds is 5. The Hall–Kier alpha value is -3.23. The van der Waals surface area contributed by atoms with E-state index in [4.69, 9.17) is 4.98 Å². The maximum absolute atomic E-state index is 5.06. The molecule has 2 heterocycles. The second kappa shape index (κ2) is 8.96. The maximum Gasteiger partial charge on any atom is 0.124 e. The van der Waals surface area contributed by atoms with Gasteiger partial charge in [-0.3, -0.25) is 0 Å². The van der Waals surface area contributed by atoms with Gasteiger partial charge in [0.1, 0.15) is 4.83 Å². The van der Waals surface area contributed by atoms with Crippen LogP contribution in [-0.2, 0) is 0 Å². The van der Waals surface area contributed by atoms with Gasteiger partial charge in [-0.25, -0.2) is 4.98 Å². The number of hydrogen-bond acceptors (Lipinski definition) is 2. The van der Waals surface area contributed by atoms with Gasteiger partial charge in [-0.05, 0) is 63.9 Å². The molecule has 5 rings (SSSR count). The molecule has 0 amide bonds. The molecule has 0 aliphatic carbocycles. The highest BCUT2D eigenvalue weighted by atomic mass is 32.1. The minimum atomic E-state index is 0.512. The average Bonchev–Trinajstić information content (AvgIpc) is 3.28. The summed E-state index contributed by atoms with van der Waals surface area (Å²) >= 11 is 1.79. The van der Waals surface area contributed by atoms with Crippen LogP contribution in [0.2, 0.25) is 0 Å². The Morgan fingerprint density at radius 3 is 1.94 bits per heavy atom. The van der Waals surface area contributed by atoms with Crippen molar-refractivity contribution in [3.05, 3.63) is 102 Å². The lowest BCUT2D eigenvalue weighted by molar-refractivity contribution is 0.835. The van der Waals surface area contributed by atoms with Gasteiger partial charge in [0.2, 0.25) is 0 Å². The van der Waals surface area contributed by atoms with Crippen molar-refractivity contribution in [3.8, 4) is 32.8 Å². The van der Waals surface area contributed by atoms with Crippen LogP contribution in [0, 0.1) is 0 Å². The Morgan fingerprint density at radius 1 is 0.576 bits per heavy atom. The molecule has 1 nitrogen and oxygen atoms in total. The molecule has 3 aromatic carbocycles. The van der Waals surface area contributed by atoms with Gasteiger partial charge in [0.15, 0.2) is 0 Å². The normalized spacial score (nSPS) is 11.6. The van der Waals surface area contributed by atoms with Crippen LogP contribution in [0.4, 0.5) is 0 Å². The highest BCUT2D eigenvalue weighted by Crippen LogP contribution is 2.37. The van der Waals surface area contributed by atoms with Crippen LogP contribution < -0.4 is 0 Å². The molecule has 5 aromatic rings. The van der Waals surface area contributed by atoms with Crippen molar-refractivity contribution in [1.29, 1.82) is 0 Å². The third-order valence-corrected chi connectivity index (χ3v) is 7.34. The molecule has 0 atom stereocenters. The number of pyridine rings is 1. The summed E-state index contributed by atoms with van der Waals surface area (Å²) in [5.74, 6) is 1.02. The monoisotopic (exact) mass is 447 g/mol. The molecule has 2 heteroatoms. The summed E-state index contributed by atoms with van der Waals surface area (Å²) in [5.41, 5.74) is 8.73. The minimum absolute atomic E-state index is 0.512. The fourth-order valence-corrected chi connectivity index (χ4v) is 5.21. The van der Waals surface area contributed by atoms with Crippen LogP contribution in [0.25, 0.3) is 43.0 Å². The topological polar surface area (TPSA) is 12.9 Å². The SMILES string of the molecule is CC(C)c1cc(-c2cc3ccc(-c4cccc(-c5ccccc5)c4)nc3s2)cc(C(C)C)c1. The summed E-state index contributed by atoms with van der Waals surface area (Å²) in [5, 5.41) is 1.21. The van der Waals surface area contributed by atoms with Gasteiger partial charge >= 0.3 is 0 Å². The zero-order chi connectivity index (χ0) is 22.9. The molecule has 2 aromatic heterocycles. The van der Waals surface area contributed by atoms with Gasteiger partial charge in [0.25, 0.3) is 0 Å². The Labute approximate surface area is 200 Å². The van der Waals surface area contributed by atoms with Crippen LogP contribution in [0.5, 0.6) is 0 Å². The van der Waals surface area contributed by atoms with Gasteiger partial charge in [0.05, 0.1) is 5.69 Å². The van der Waals surface area contributed by atoms with E-state index in [1.165, 1.54) is 38.1 Å². The van der Waals surface area contributed by atoms with Crippen molar-refractivity contribution in [2.75, 3.05) is 0 Å². The fourth-order valence-electron chi connectivity index (χ4n) is 4.19. The minimum Gasteiger partial charge on any atom is -0.237 e. The van der Waals surface area contributed by atoms with E-state index in [9.17, 15) is 0 Å². The second-order valence-electron chi connectivity index (χ2n) is 9.35. The predicted molar refractivity (Wildman–Crippen MR) is 144 cm³/mol. The molecule has 0 unspecified atom stereocenters. The van der Waals surface area contributed by atoms with E-state index in [1.807, 2.05) is 0 Å². The summed E-state index contributed by atoms with van der Waals surface area (Å²) in [7, 11) is 0. The lowest BCUT2D eigenvalue weighted by Crippen LogP contribution is -1.94. The number of aromatic nitrogens is 1. The standard InChI is InChI=1S/C31H29NS/c1-20(2)26-16-27(21(3)4)18-28(17-26)30-19-25-13-14-29(32-31(25)33-30)24-12-8-11-23(15-24)22-9-6-5-7-10-22/h5-21H,1-4H3. The van der Waals surface area contributed by atoms with Gasteiger partial charge in [0, 0.05) is 15.8 Å². The van der Waals surface area contributed by atoms with E-state index in [1.54, 1.807) is 11.3 Å². The van der Waals surface area contributed by atoms with Gasteiger partial charge < -0.3 is 0 Å². The van der Waals surface area contributed by atoms with Crippen molar-refractivity contribution >= 4 is 21.6 Å². The van der Waals surface area contributed by atoms with Gasteiger partial charge in [-0.2, -0.15) is 0 Å². The van der Waals surface area contributed by atoms with Crippen molar-refractivity contribution in [2.45, 2.75) is 39.5 Å². The zero-order valence-electron chi connectivity index (χ0n) is 19.7. The van der Waals surface area contributed by atoms with Crippen LogP contribution in [0.3, 0.4) is 0 Å². The summed E-state index contributed by atoms with van der Waals surface area (Å²) in [6.07, 6.45) is 0. The molecule has 33 heavy (non-hydrogen) atoms. The largest absolute Gasteiger partial charge is 0.237 e. The van der Waals surface area contributed by atoms with Crippen molar-refractivity contribution in [2.24, 2.45) is 0 Å². The van der Waals surface area contributed by atoms with E-state index in [-0.39, 0.29) is 0 Å². The Bertz CT molecular complexity index is 1380. The van der Waals surface area contributed by atoms with E-state index in [0.717, 1.165) is 16.1 Å². The number of nitrogens with zero attached hydrogens (tertiary/aromatic N) is 1. The summed E-state index contributed by atoms with van der Waals surface area (Å²) in [6, 6.07) is 32.9. The van der Waals surface area contributed by atoms with Crippen LogP contribution >= 0.6 is 11.3 Å². The third-order valence-electron chi connectivity index (χ3n) is 6.24. The van der Waals surface area contributed by atoms with Crippen molar-refractivity contribution < 1.29 is 0 Å². The second-order valence-corrected chi connectivity index (χ2v) is 10.4. The number of fused-ring (bicyclic) bond motifs is 1. The van der Waals surface area contributed by atoms with E-state index < -0.39 is 0 Å². The Balaban J connectivity index is 1.54. The first-order valence-electron chi connectivity index (χ1n) is 11.7. The molecule has 0 saturated carbocycles. The summed E-state index contributed by atoms with van der Waals surface area (Å²) in [6.45, 7) is 9.08. The lowest BCUT2D eigenvalue weighted by atomic mass is 9.93. The highest BCUT2D eigenvalue weighted by molar-refractivity contribution is 7.21. The number of benzene rings is 3. The van der Waals surface area contributed by atoms with E-state index >= 15 is 0 Å². The molecular formula is C31H29NS. The predicted octanol–water partition coefficient (Wildman–Crippen LogP) is 9.54. The molecular weight excluding hydrogens is 418 g/mol. The number of thiophene rings is 1. The maximum atomic E-state index is 5.06. The zero-order valence-corrected chi connectivity index (χ0v) is 20.5. The lowest BCUT2D eigenvalue weighted by Gasteiger charge is -2.13. The third kappa shape index (κ3) is 4.49. The van der Waals surface area contributed by atoms with E-state index in [0.29, 0.717) is 11.8 Å². The fraction of sp³-hybridized carbons (Fsp3) is 0.194. The number of hydrogen-bond donors (Lipinski definition) is 0. The molecule has 0 aliphatic rings. The summed E-state index contributed by atoms with van der Waals surface area (Å²) in [4.78, 5) is 7.44. The molecule has 0 bridgehead atoms. The van der Waals surface area contributed by atoms with Crippen LogP contribution in [0.1, 0.15) is 50.7 Å². The quantitative estimate of drug-likeness (QED) is 0.261. The molecule has 0 fully saturated rings. The first-order valence-corrected chi connectivity index (χ1v) is 12.5. The smallest absolute Gasteiger partial charge is 0.124 e. The average molecular weight is 448 g/mol. The Morgan fingerprint density at radius 2 is 1.24 bits per heavy atom. The highest BCUT2D eigenvalue weighted by Gasteiger charge is 2.12. The molecule has 0 N–H and O–H groups in total. The Kier molecular flexibility index (Phi) is 5.86. The van der Waals surface area contributed by atoms with Crippen molar-refractivity contribution in [1.82, 2.24) is 4.98 Å². The van der Waals surface area contributed by atoms with Gasteiger partial charge in [-0.15, -0.1) is 11.3 Å². The van der Waals surface area contributed by atoms with Gasteiger partial charge in [-0.1, -0.05) is 94.4 Å². The molecule has 0 saturated heterocycles. The molecule has 0 aliphatic heterocycles. The molecule has 164 valence electrons. The van der Waals surface area contributed by atoms with Crippen LogP contribution in [-0.4, -0.2) is 4.98 Å².